The molecule has 0 aromatic heterocycles. The number of rotatable bonds is 5. The van der Waals surface area contributed by atoms with Gasteiger partial charge < -0.3 is 20.9 Å². The van der Waals surface area contributed by atoms with Crippen LogP contribution < -0.4 is 11.1 Å². The van der Waals surface area contributed by atoms with Crippen LogP contribution >= 0.6 is 0 Å². The number of amides is 1. The molecule has 1 aromatic carbocycles. The fraction of sp³-hybridized carbons (Fsp3) is 0.429. The van der Waals surface area contributed by atoms with Crippen LogP contribution in [0.25, 0.3) is 0 Å². The second-order valence-corrected chi connectivity index (χ2v) is 4.80. The van der Waals surface area contributed by atoms with Gasteiger partial charge in [0.1, 0.15) is 6.04 Å². The second-order valence-electron chi connectivity index (χ2n) is 4.80. The van der Waals surface area contributed by atoms with Crippen molar-refractivity contribution in [2.45, 2.75) is 31.1 Å². The standard InChI is InChI=1S/C14H18N2O4/c15-12(9-4-2-1-3-5-9)13(17)16-8-10-6-7-11(20-10)14(18)19/h1-5,10-12H,6-8,15H2,(H,16,17)(H,18,19). The summed E-state index contributed by atoms with van der Waals surface area (Å²) in [6, 6.07) is 8.34. The Bertz CT molecular complexity index is 477. The molecule has 0 saturated carbocycles. The van der Waals surface area contributed by atoms with Crippen LogP contribution in [0.1, 0.15) is 24.4 Å². The lowest BCUT2D eigenvalue weighted by molar-refractivity contribution is -0.149. The highest BCUT2D eigenvalue weighted by Gasteiger charge is 2.30. The number of aliphatic carboxylic acids is 1. The van der Waals surface area contributed by atoms with Crippen LogP contribution in [0.15, 0.2) is 30.3 Å². The van der Waals surface area contributed by atoms with Crippen LogP contribution in [-0.2, 0) is 14.3 Å². The van der Waals surface area contributed by atoms with Crippen molar-refractivity contribution >= 4 is 11.9 Å². The van der Waals surface area contributed by atoms with Gasteiger partial charge in [0, 0.05) is 6.54 Å². The van der Waals surface area contributed by atoms with E-state index in [4.69, 9.17) is 15.6 Å². The van der Waals surface area contributed by atoms with E-state index in [-0.39, 0.29) is 18.6 Å². The number of carbonyl (C=O) groups excluding carboxylic acids is 1. The highest BCUT2D eigenvalue weighted by Crippen LogP contribution is 2.19. The van der Waals surface area contributed by atoms with E-state index in [1.807, 2.05) is 18.2 Å². The van der Waals surface area contributed by atoms with Crippen molar-refractivity contribution in [2.24, 2.45) is 5.73 Å². The van der Waals surface area contributed by atoms with Crippen molar-refractivity contribution in [1.29, 1.82) is 0 Å². The normalized spacial score (nSPS) is 23.2. The highest BCUT2D eigenvalue weighted by molar-refractivity contribution is 5.82. The third-order valence-corrected chi connectivity index (χ3v) is 3.33. The summed E-state index contributed by atoms with van der Waals surface area (Å²) < 4.78 is 5.30. The van der Waals surface area contributed by atoms with Crippen LogP contribution in [-0.4, -0.2) is 35.7 Å². The molecule has 0 spiro atoms. The van der Waals surface area contributed by atoms with Crippen molar-refractivity contribution in [3.63, 3.8) is 0 Å². The average molecular weight is 278 g/mol. The Morgan fingerprint density at radius 2 is 2.05 bits per heavy atom. The number of hydrogen-bond donors (Lipinski definition) is 3. The van der Waals surface area contributed by atoms with Gasteiger partial charge in [-0.1, -0.05) is 30.3 Å². The van der Waals surface area contributed by atoms with E-state index in [2.05, 4.69) is 5.32 Å². The Kier molecular flexibility index (Phi) is 4.70. The third-order valence-electron chi connectivity index (χ3n) is 3.33. The molecule has 1 aliphatic rings. The van der Waals surface area contributed by atoms with E-state index in [0.717, 1.165) is 5.56 Å². The van der Waals surface area contributed by atoms with Crippen LogP contribution in [0.2, 0.25) is 0 Å². The van der Waals surface area contributed by atoms with Crippen LogP contribution in [0.4, 0.5) is 0 Å². The summed E-state index contributed by atoms with van der Waals surface area (Å²) in [5, 5.41) is 11.5. The van der Waals surface area contributed by atoms with Gasteiger partial charge in [0.25, 0.3) is 0 Å². The van der Waals surface area contributed by atoms with Crippen molar-refractivity contribution in [3.8, 4) is 0 Å². The molecule has 0 bridgehead atoms. The molecule has 1 amide bonds. The van der Waals surface area contributed by atoms with Gasteiger partial charge in [0.15, 0.2) is 6.10 Å². The van der Waals surface area contributed by atoms with E-state index in [0.29, 0.717) is 12.8 Å². The quantitative estimate of drug-likeness (QED) is 0.725. The van der Waals surface area contributed by atoms with E-state index in [1.54, 1.807) is 12.1 Å². The molecule has 2 rings (SSSR count). The first-order valence-corrected chi connectivity index (χ1v) is 6.54. The number of carbonyl (C=O) groups is 2. The molecule has 6 nitrogen and oxygen atoms in total. The maximum absolute atomic E-state index is 11.9. The summed E-state index contributed by atoms with van der Waals surface area (Å²) >= 11 is 0. The van der Waals surface area contributed by atoms with Crippen LogP contribution in [0.5, 0.6) is 0 Å². The minimum absolute atomic E-state index is 0.261. The highest BCUT2D eigenvalue weighted by atomic mass is 16.5. The van der Waals surface area contributed by atoms with Crippen molar-refractivity contribution in [3.05, 3.63) is 35.9 Å². The minimum atomic E-state index is -0.959. The minimum Gasteiger partial charge on any atom is -0.479 e. The Morgan fingerprint density at radius 1 is 1.35 bits per heavy atom. The largest absolute Gasteiger partial charge is 0.479 e. The lowest BCUT2D eigenvalue weighted by Gasteiger charge is -2.15. The SMILES string of the molecule is NC(C(=O)NCC1CCC(C(=O)O)O1)c1ccccc1. The fourth-order valence-corrected chi connectivity index (χ4v) is 2.17. The Balaban J connectivity index is 1.80. The lowest BCUT2D eigenvalue weighted by atomic mass is 10.1. The van der Waals surface area contributed by atoms with Gasteiger partial charge in [-0.2, -0.15) is 0 Å². The zero-order valence-electron chi connectivity index (χ0n) is 11.0. The zero-order chi connectivity index (χ0) is 14.5. The topological polar surface area (TPSA) is 102 Å². The van der Waals surface area contributed by atoms with Gasteiger partial charge in [-0.05, 0) is 18.4 Å². The summed E-state index contributed by atoms with van der Waals surface area (Å²) in [6.07, 6.45) is 0.0704. The van der Waals surface area contributed by atoms with Gasteiger partial charge in [-0.3, -0.25) is 4.79 Å². The molecule has 4 N–H and O–H groups in total. The van der Waals surface area contributed by atoms with E-state index in [9.17, 15) is 9.59 Å². The summed E-state index contributed by atoms with van der Waals surface area (Å²) in [4.78, 5) is 22.7. The number of nitrogens with one attached hydrogen (secondary N) is 1. The summed E-state index contributed by atoms with van der Waals surface area (Å²) in [6.45, 7) is 0.281. The Morgan fingerprint density at radius 3 is 2.65 bits per heavy atom. The molecule has 6 heteroatoms. The van der Waals surface area contributed by atoms with E-state index >= 15 is 0 Å². The average Bonchev–Trinajstić information content (AvgIpc) is 2.94. The fourth-order valence-electron chi connectivity index (χ4n) is 2.17. The molecule has 1 fully saturated rings. The summed E-state index contributed by atoms with van der Waals surface area (Å²) in [5.41, 5.74) is 6.59. The molecular weight excluding hydrogens is 260 g/mol. The number of nitrogens with two attached hydrogens (primary N) is 1. The Hall–Kier alpha value is -1.92. The van der Waals surface area contributed by atoms with Crippen molar-refractivity contribution in [1.82, 2.24) is 5.32 Å². The van der Waals surface area contributed by atoms with Crippen LogP contribution in [0.3, 0.4) is 0 Å². The summed E-state index contributed by atoms with van der Waals surface area (Å²) in [7, 11) is 0. The van der Waals surface area contributed by atoms with Gasteiger partial charge in [0.2, 0.25) is 5.91 Å². The molecule has 108 valence electrons. The zero-order valence-corrected chi connectivity index (χ0v) is 11.0. The molecule has 1 heterocycles. The van der Waals surface area contributed by atoms with E-state index < -0.39 is 18.1 Å². The van der Waals surface area contributed by atoms with Gasteiger partial charge >= 0.3 is 5.97 Å². The van der Waals surface area contributed by atoms with Crippen LogP contribution in [0, 0.1) is 0 Å². The number of carboxylic acids is 1. The lowest BCUT2D eigenvalue weighted by Crippen LogP contribution is -2.38. The van der Waals surface area contributed by atoms with Gasteiger partial charge in [0.05, 0.1) is 6.10 Å². The predicted octanol–water partition coefficient (Wildman–Crippen LogP) is 0.435. The predicted molar refractivity (Wildman–Crippen MR) is 71.9 cm³/mol. The first-order valence-electron chi connectivity index (χ1n) is 6.54. The number of hydrogen-bond acceptors (Lipinski definition) is 4. The molecule has 1 saturated heterocycles. The molecule has 20 heavy (non-hydrogen) atoms. The first kappa shape index (κ1) is 14.5. The maximum Gasteiger partial charge on any atom is 0.332 e. The van der Waals surface area contributed by atoms with Gasteiger partial charge in [-0.25, -0.2) is 4.79 Å². The molecule has 1 aliphatic heterocycles. The third kappa shape index (κ3) is 3.55. The molecule has 3 unspecified atom stereocenters. The van der Waals surface area contributed by atoms with Gasteiger partial charge in [-0.15, -0.1) is 0 Å². The van der Waals surface area contributed by atoms with Crippen molar-refractivity contribution < 1.29 is 19.4 Å². The molecule has 0 aliphatic carbocycles. The smallest absolute Gasteiger partial charge is 0.332 e. The first-order chi connectivity index (χ1) is 9.58. The molecule has 1 aromatic rings. The van der Waals surface area contributed by atoms with Crippen molar-refractivity contribution in [2.75, 3.05) is 6.54 Å². The number of benzene rings is 1. The maximum atomic E-state index is 11.9. The number of ether oxygens (including phenoxy) is 1. The molecular formula is C14H18N2O4. The molecule has 0 radical (unpaired) electrons. The molecule has 3 atom stereocenters. The summed E-state index contributed by atoms with van der Waals surface area (Å²) in [5.74, 6) is -1.25. The van der Waals surface area contributed by atoms with E-state index in [1.165, 1.54) is 0 Å². The Labute approximate surface area is 116 Å². The number of carboxylic acid groups (broad SMARTS) is 1. The monoisotopic (exact) mass is 278 g/mol. The second kappa shape index (κ2) is 6.49.